The number of benzene rings is 1. The number of carbonyl (C=O) groups excluding carboxylic acids is 1. The Morgan fingerprint density at radius 1 is 1.21 bits per heavy atom. The zero-order chi connectivity index (χ0) is 26.4. The predicted octanol–water partition coefficient (Wildman–Crippen LogP) is 3.93. The molecule has 0 radical (unpaired) electrons. The summed E-state index contributed by atoms with van der Waals surface area (Å²) in [5.41, 5.74) is -0.0614. The molecule has 6 rings (SSSR count). The number of anilines is 2. The number of halogens is 3. The third kappa shape index (κ3) is 4.77. The van der Waals surface area contributed by atoms with Crippen LogP contribution in [0.25, 0.3) is 16.7 Å². The number of ether oxygens (including phenoxy) is 1. The Balaban J connectivity index is 1.31. The topological polar surface area (TPSA) is 88.4 Å². The minimum Gasteiger partial charge on any atom is -0.367 e. The summed E-state index contributed by atoms with van der Waals surface area (Å²) in [5.74, 6) is 1.89. The summed E-state index contributed by atoms with van der Waals surface area (Å²) < 4.78 is 47.4. The maximum atomic E-state index is 13.4. The molecule has 0 bridgehead atoms. The quantitative estimate of drug-likeness (QED) is 0.425. The molecule has 0 spiro atoms. The standard InChI is InChI=1S/C25H28F3N7O2S/c1-38-14-37-19-9-16(10-19)30-24-31-22(33-12-18(13-33)34-7-3-6-21(34)36)20-11-29-35(23(20)32-24)17-5-2-4-15(8-17)25(26,27)28/h2,4-5,8,11,16,18-19H,3,6-7,9-10,12-14H2,1H3,(H,30,31,32). The van der Waals surface area contributed by atoms with Crippen molar-refractivity contribution >= 4 is 40.5 Å². The maximum absolute atomic E-state index is 13.4. The highest BCUT2D eigenvalue weighted by molar-refractivity contribution is 7.98. The molecule has 3 aliphatic rings. The first-order valence-corrected chi connectivity index (χ1v) is 14.0. The van der Waals surface area contributed by atoms with E-state index in [-0.39, 0.29) is 29.8 Å². The molecule has 2 aliphatic heterocycles. The number of amides is 1. The van der Waals surface area contributed by atoms with E-state index in [1.54, 1.807) is 24.0 Å². The monoisotopic (exact) mass is 547 g/mol. The molecular formula is C25H28F3N7O2S. The van der Waals surface area contributed by atoms with Gasteiger partial charge in [0.1, 0.15) is 5.82 Å². The summed E-state index contributed by atoms with van der Waals surface area (Å²) in [5, 5.41) is 8.43. The van der Waals surface area contributed by atoms with Crippen LogP contribution in [0.5, 0.6) is 0 Å². The molecule has 2 aromatic heterocycles. The van der Waals surface area contributed by atoms with Gasteiger partial charge in [0.05, 0.1) is 40.9 Å². The molecule has 3 aromatic rings. The van der Waals surface area contributed by atoms with Crippen molar-refractivity contribution in [3.05, 3.63) is 36.0 Å². The normalized spacial score (nSPS) is 22.2. The first-order valence-electron chi connectivity index (χ1n) is 12.6. The van der Waals surface area contributed by atoms with Gasteiger partial charge in [-0.2, -0.15) is 28.2 Å². The van der Waals surface area contributed by atoms with Crippen LogP contribution in [0.3, 0.4) is 0 Å². The number of hydrogen-bond donors (Lipinski definition) is 1. The molecule has 38 heavy (non-hydrogen) atoms. The summed E-state index contributed by atoms with van der Waals surface area (Å²) >= 11 is 1.63. The fraction of sp³-hybridized carbons (Fsp3) is 0.520. The molecule has 1 saturated carbocycles. The number of hydrogen-bond acceptors (Lipinski definition) is 8. The van der Waals surface area contributed by atoms with Crippen LogP contribution in [-0.4, -0.2) is 80.6 Å². The number of rotatable bonds is 8. The highest BCUT2D eigenvalue weighted by atomic mass is 32.2. The van der Waals surface area contributed by atoms with E-state index >= 15 is 0 Å². The van der Waals surface area contributed by atoms with Gasteiger partial charge in [0.15, 0.2) is 5.65 Å². The smallest absolute Gasteiger partial charge is 0.367 e. The van der Waals surface area contributed by atoms with Crippen LogP contribution in [-0.2, 0) is 15.7 Å². The van der Waals surface area contributed by atoms with Gasteiger partial charge in [-0.15, -0.1) is 11.8 Å². The number of nitrogens with one attached hydrogen (secondary N) is 1. The van der Waals surface area contributed by atoms with Crippen molar-refractivity contribution in [2.24, 2.45) is 0 Å². The Morgan fingerprint density at radius 3 is 2.74 bits per heavy atom. The number of likely N-dealkylation sites (tertiary alicyclic amines) is 1. The lowest BCUT2D eigenvalue weighted by molar-refractivity contribution is -0.137. The van der Waals surface area contributed by atoms with Crippen molar-refractivity contribution in [2.45, 2.75) is 50.0 Å². The van der Waals surface area contributed by atoms with E-state index in [1.807, 2.05) is 11.2 Å². The first-order chi connectivity index (χ1) is 18.3. The zero-order valence-corrected chi connectivity index (χ0v) is 21.6. The van der Waals surface area contributed by atoms with Gasteiger partial charge in [0, 0.05) is 32.1 Å². The summed E-state index contributed by atoms with van der Waals surface area (Å²) in [6, 6.07) is 5.32. The van der Waals surface area contributed by atoms with Gasteiger partial charge in [0.25, 0.3) is 0 Å². The second-order valence-electron chi connectivity index (χ2n) is 9.97. The van der Waals surface area contributed by atoms with E-state index in [0.29, 0.717) is 48.2 Å². The van der Waals surface area contributed by atoms with Gasteiger partial charge in [-0.25, -0.2) is 4.68 Å². The number of thioether (sulfide) groups is 1. The average Bonchev–Trinajstić information content (AvgIpc) is 3.45. The largest absolute Gasteiger partial charge is 0.416 e. The van der Waals surface area contributed by atoms with Crippen LogP contribution in [0.1, 0.15) is 31.2 Å². The second kappa shape index (κ2) is 9.92. The average molecular weight is 548 g/mol. The molecular weight excluding hydrogens is 519 g/mol. The zero-order valence-electron chi connectivity index (χ0n) is 20.8. The molecule has 3 fully saturated rings. The molecule has 0 unspecified atom stereocenters. The minimum atomic E-state index is -4.47. The van der Waals surface area contributed by atoms with E-state index in [4.69, 9.17) is 9.72 Å². The molecule has 202 valence electrons. The van der Waals surface area contributed by atoms with Crippen molar-refractivity contribution < 1.29 is 22.7 Å². The van der Waals surface area contributed by atoms with E-state index in [9.17, 15) is 18.0 Å². The molecule has 0 atom stereocenters. The van der Waals surface area contributed by atoms with Crippen LogP contribution in [0.2, 0.25) is 0 Å². The molecule has 1 N–H and O–H groups in total. The lowest BCUT2D eigenvalue weighted by Gasteiger charge is -2.44. The van der Waals surface area contributed by atoms with Crippen molar-refractivity contribution in [2.75, 3.05) is 42.0 Å². The van der Waals surface area contributed by atoms with E-state index in [1.165, 1.54) is 10.7 Å². The van der Waals surface area contributed by atoms with Gasteiger partial charge >= 0.3 is 6.18 Å². The first kappa shape index (κ1) is 25.2. The van der Waals surface area contributed by atoms with Gasteiger partial charge in [0.2, 0.25) is 11.9 Å². The van der Waals surface area contributed by atoms with Crippen molar-refractivity contribution in [3.63, 3.8) is 0 Å². The molecule has 13 heteroatoms. The molecule has 9 nitrogen and oxygen atoms in total. The molecule has 4 heterocycles. The van der Waals surface area contributed by atoms with Gasteiger partial charge in [-0.3, -0.25) is 4.79 Å². The lowest BCUT2D eigenvalue weighted by atomic mass is 9.89. The highest BCUT2D eigenvalue weighted by Gasteiger charge is 2.39. The summed E-state index contributed by atoms with van der Waals surface area (Å²) in [6.07, 6.45) is 2.44. The lowest BCUT2D eigenvalue weighted by Crippen LogP contribution is -2.60. The van der Waals surface area contributed by atoms with Crippen LogP contribution >= 0.6 is 11.8 Å². The Kier molecular flexibility index (Phi) is 6.58. The van der Waals surface area contributed by atoms with Gasteiger partial charge in [-0.1, -0.05) is 6.07 Å². The van der Waals surface area contributed by atoms with Crippen LogP contribution in [0.15, 0.2) is 30.5 Å². The third-order valence-electron chi connectivity index (χ3n) is 7.39. The van der Waals surface area contributed by atoms with Crippen LogP contribution in [0.4, 0.5) is 24.9 Å². The summed E-state index contributed by atoms with van der Waals surface area (Å²) in [4.78, 5) is 25.7. The summed E-state index contributed by atoms with van der Waals surface area (Å²) in [6.45, 7) is 2.05. The fourth-order valence-electron chi connectivity index (χ4n) is 5.25. The van der Waals surface area contributed by atoms with Crippen LogP contribution < -0.4 is 10.2 Å². The second-order valence-corrected chi connectivity index (χ2v) is 10.8. The number of aromatic nitrogens is 4. The van der Waals surface area contributed by atoms with Gasteiger partial charge < -0.3 is 19.9 Å². The Morgan fingerprint density at radius 2 is 2.03 bits per heavy atom. The maximum Gasteiger partial charge on any atom is 0.416 e. The van der Waals surface area contributed by atoms with Crippen LogP contribution in [0, 0.1) is 0 Å². The molecule has 1 aromatic carbocycles. The Hall–Kier alpha value is -3.06. The Labute approximate surface area is 221 Å². The third-order valence-corrected chi connectivity index (χ3v) is 7.76. The predicted molar refractivity (Wildman–Crippen MR) is 139 cm³/mol. The summed E-state index contributed by atoms with van der Waals surface area (Å²) in [7, 11) is 0. The van der Waals surface area contributed by atoms with Crippen molar-refractivity contribution in [1.82, 2.24) is 24.6 Å². The highest BCUT2D eigenvalue weighted by Crippen LogP contribution is 2.35. The number of fused-ring (bicyclic) bond motifs is 1. The molecule has 1 amide bonds. The number of carbonyl (C=O) groups is 1. The number of nitrogens with zero attached hydrogens (tertiary/aromatic N) is 6. The fourth-order valence-corrected chi connectivity index (χ4v) is 5.58. The molecule has 2 saturated heterocycles. The minimum absolute atomic E-state index is 0.130. The van der Waals surface area contributed by atoms with E-state index in [2.05, 4.69) is 20.3 Å². The van der Waals surface area contributed by atoms with E-state index in [0.717, 1.165) is 37.9 Å². The number of alkyl halides is 3. The Bertz CT molecular complexity index is 1340. The van der Waals surface area contributed by atoms with Crippen molar-refractivity contribution in [3.8, 4) is 5.69 Å². The SMILES string of the molecule is CSCOC1CC(Nc2nc(N3CC(N4CCCC4=O)C3)c3cnn(-c4cccc(C(F)(F)F)c4)c3n2)C1. The van der Waals surface area contributed by atoms with E-state index < -0.39 is 11.7 Å². The molecule has 1 aliphatic carbocycles. The van der Waals surface area contributed by atoms with Crippen molar-refractivity contribution in [1.29, 1.82) is 0 Å². The van der Waals surface area contributed by atoms with Gasteiger partial charge in [-0.05, 0) is 43.7 Å².